The molecule has 0 fully saturated rings. The second kappa shape index (κ2) is 7.93. The summed E-state index contributed by atoms with van der Waals surface area (Å²) in [7, 11) is 0. The highest BCUT2D eigenvalue weighted by atomic mass is 15.0. The summed E-state index contributed by atoms with van der Waals surface area (Å²) in [6, 6.07) is 31.7. The minimum atomic E-state index is 0.426. The Kier molecular flexibility index (Phi) is 4.63. The Morgan fingerprint density at radius 2 is 1.64 bits per heavy atom. The number of hydrogen-bond acceptors (Lipinski definition) is 2. The molecule has 3 heteroatoms. The van der Waals surface area contributed by atoms with Crippen molar-refractivity contribution in [3.8, 4) is 34.0 Å². The molecule has 0 aliphatic heterocycles. The van der Waals surface area contributed by atoms with Gasteiger partial charge in [-0.05, 0) is 71.5 Å². The number of pyridine rings is 1. The van der Waals surface area contributed by atoms with Crippen LogP contribution in [0.2, 0.25) is 0 Å². The lowest BCUT2D eigenvalue weighted by molar-refractivity contribution is 0.968. The molecule has 0 saturated heterocycles. The number of nitriles is 1. The van der Waals surface area contributed by atoms with Crippen LogP contribution >= 0.6 is 0 Å². The van der Waals surface area contributed by atoms with Crippen molar-refractivity contribution < 1.29 is 0 Å². The average molecular weight is 424 g/mol. The van der Waals surface area contributed by atoms with Gasteiger partial charge in [0.25, 0.3) is 0 Å². The predicted molar refractivity (Wildman–Crippen MR) is 134 cm³/mol. The minimum absolute atomic E-state index is 0.426. The van der Waals surface area contributed by atoms with E-state index in [-0.39, 0.29) is 0 Å². The Morgan fingerprint density at radius 3 is 2.58 bits per heavy atom. The van der Waals surface area contributed by atoms with Crippen LogP contribution in [-0.4, -0.2) is 9.55 Å². The zero-order chi connectivity index (χ0) is 22.2. The summed E-state index contributed by atoms with van der Waals surface area (Å²) in [6.45, 7) is 0. The number of para-hydroxylation sites is 2. The van der Waals surface area contributed by atoms with Gasteiger partial charge in [0.2, 0.25) is 0 Å². The van der Waals surface area contributed by atoms with Crippen LogP contribution in [0.1, 0.15) is 23.4 Å². The van der Waals surface area contributed by atoms with E-state index < -0.39 is 0 Å². The third-order valence-electron chi connectivity index (χ3n) is 6.38. The summed E-state index contributed by atoms with van der Waals surface area (Å²) in [5, 5.41) is 10.6. The monoisotopic (exact) mass is 423 g/mol. The van der Waals surface area contributed by atoms with E-state index >= 15 is 0 Å². The minimum Gasteiger partial charge on any atom is -0.309 e. The van der Waals surface area contributed by atoms with E-state index in [9.17, 15) is 5.26 Å². The van der Waals surface area contributed by atoms with Crippen LogP contribution in [0, 0.1) is 11.3 Å². The molecular formula is C30H21N3. The van der Waals surface area contributed by atoms with Gasteiger partial charge in [0.05, 0.1) is 11.2 Å². The topological polar surface area (TPSA) is 41.6 Å². The normalized spacial score (nSPS) is 12.5. The summed E-state index contributed by atoms with van der Waals surface area (Å²) in [4.78, 5) is 4.11. The van der Waals surface area contributed by atoms with Gasteiger partial charge in [-0.15, -0.1) is 0 Å². The van der Waals surface area contributed by atoms with Gasteiger partial charge in [-0.25, -0.2) is 4.98 Å². The highest BCUT2D eigenvalue weighted by molar-refractivity contribution is 5.92. The van der Waals surface area contributed by atoms with E-state index in [1.165, 1.54) is 33.4 Å². The number of allylic oxidation sites excluding steroid dienone is 1. The van der Waals surface area contributed by atoms with Crippen molar-refractivity contribution >= 4 is 17.0 Å². The van der Waals surface area contributed by atoms with E-state index in [2.05, 4.69) is 101 Å². The van der Waals surface area contributed by atoms with Gasteiger partial charge in [-0.2, -0.15) is 5.26 Å². The molecule has 0 atom stereocenters. The number of benzene rings is 3. The lowest BCUT2D eigenvalue weighted by atomic mass is 9.97. The van der Waals surface area contributed by atoms with Crippen molar-refractivity contribution in [1.29, 1.82) is 5.26 Å². The highest BCUT2D eigenvalue weighted by Crippen LogP contribution is 2.37. The fourth-order valence-electron chi connectivity index (χ4n) is 4.90. The van der Waals surface area contributed by atoms with Crippen molar-refractivity contribution in [3.05, 3.63) is 114 Å². The Bertz CT molecular complexity index is 1580. The number of aromatic nitrogens is 2. The van der Waals surface area contributed by atoms with Gasteiger partial charge >= 0.3 is 0 Å². The van der Waals surface area contributed by atoms with Crippen molar-refractivity contribution in [2.45, 2.75) is 12.8 Å². The summed E-state index contributed by atoms with van der Waals surface area (Å²) < 4.78 is 2.41. The first kappa shape index (κ1) is 19.3. The predicted octanol–water partition coefficient (Wildman–Crippen LogP) is 7.19. The van der Waals surface area contributed by atoms with Crippen molar-refractivity contribution in [2.24, 2.45) is 0 Å². The number of fused-ring (bicyclic) bond motifs is 3. The standard InChI is InChI=1S/C30H21N3/c31-20-24-19-22(16-17-32-24)21-8-7-9-23(18-21)25-10-1-4-13-28(25)33-29-14-5-2-11-26(29)27-12-3-6-15-30(27)33/h1-2,4-11,13-19H,3,12H2. The van der Waals surface area contributed by atoms with Gasteiger partial charge in [0.1, 0.15) is 11.8 Å². The molecular weight excluding hydrogens is 402 g/mol. The van der Waals surface area contributed by atoms with Gasteiger partial charge in [0, 0.05) is 22.8 Å². The summed E-state index contributed by atoms with van der Waals surface area (Å²) in [5.74, 6) is 0. The maximum Gasteiger partial charge on any atom is 0.141 e. The van der Waals surface area contributed by atoms with Gasteiger partial charge in [-0.1, -0.05) is 60.7 Å². The lowest BCUT2D eigenvalue weighted by Crippen LogP contribution is -2.02. The number of hydrogen-bond donors (Lipinski definition) is 0. The van der Waals surface area contributed by atoms with Crippen LogP contribution < -0.4 is 0 Å². The number of nitrogens with zero attached hydrogens (tertiary/aromatic N) is 3. The lowest BCUT2D eigenvalue weighted by Gasteiger charge is -2.17. The number of rotatable bonds is 3. The highest BCUT2D eigenvalue weighted by Gasteiger charge is 2.20. The summed E-state index contributed by atoms with van der Waals surface area (Å²) >= 11 is 0. The molecule has 1 aliphatic carbocycles. The first-order valence-corrected chi connectivity index (χ1v) is 11.2. The third kappa shape index (κ3) is 3.24. The van der Waals surface area contributed by atoms with Crippen LogP contribution in [0.3, 0.4) is 0 Å². The molecule has 0 spiro atoms. The quantitative estimate of drug-likeness (QED) is 0.308. The van der Waals surface area contributed by atoms with Crippen LogP contribution in [0.5, 0.6) is 0 Å². The van der Waals surface area contributed by atoms with Crippen molar-refractivity contribution in [2.75, 3.05) is 0 Å². The van der Waals surface area contributed by atoms with E-state index in [0.717, 1.165) is 29.5 Å². The van der Waals surface area contributed by atoms with Crippen LogP contribution in [-0.2, 0) is 6.42 Å². The average Bonchev–Trinajstić information content (AvgIpc) is 3.23. The molecule has 33 heavy (non-hydrogen) atoms. The molecule has 6 rings (SSSR count). The van der Waals surface area contributed by atoms with E-state index in [4.69, 9.17) is 0 Å². The molecule has 0 unspecified atom stereocenters. The molecule has 0 bridgehead atoms. The first-order chi connectivity index (χ1) is 16.3. The van der Waals surface area contributed by atoms with Crippen LogP contribution in [0.25, 0.3) is 44.9 Å². The molecule has 0 radical (unpaired) electrons. The zero-order valence-electron chi connectivity index (χ0n) is 18.1. The molecule has 0 saturated carbocycles. The van der Waals surface area contributed by atoms with Gasteiger partial charge in [-0.3, -0.25) is 0 Å². The molecule has 3 aromatic carbocycles. The van der Waals surface area contributed by atoms with E-state index in [0.29, 0.717) is 5.69 Å². The molecule has 3 nitrogen and oxygen atoms in total. The third-order valence-corrected chi connectivity index (χ3v) is 6.38. The molecule has 5 aromatic rings. The smallest absolute Gasteiger partial charge is 0.141 e. The molecule has 156 valence electrons. The van der Waals surface area contributed by atoms with E-state index in [1.54, 1.807) is 6.20 Å². The Labute approximate surface area is 192 Å². The largest absolute Gasteiger partial charge is 0.309 e. The fourth-order valence-corrected chi connectivity index (χ4v) is 4.90. The molecule has 1 aliphatic rings. The molecule has 0 N–H and O–H groups in total. The second-order valence-corrected chi connectivity index (χ2v) is 8.30. The summed E-state index contributed by atoms with van der Waals surface area (Å²) in [6.07, 6.45) is 8.39. The fraction of sp³-hybridized carbons (Fsp3) is 0.0667. The van der Waals surface area contributed by atoms with Crippen LogP contribution in [0.15, 0.2) is 97.2 Å². The Morgan fingerprint density at radius 1 is 0.818 bits per heavy atom. The number of aryl methyl sites for hydroxylation is 1. The van der Waals surface area contributed by atoms with Crippen molar-refractivity contribution in [1.82, 2.24) is 9.55 Å². The maximum absolute atomic E-state index is 9.25. The zero-order valence-corrected chi connectivity index (χ0v) is 18.1. The SMILES string of the molecule is N#Cc1cc(-c2cccc(-c3ccccc3-n3c4c(c5ccccc53)CCC=C4)c2)ccn1. The maximum atomic E-state index is 9.25. The molecule has 0 amide bonds. The van der Waals surface area contributed by atoms with Gasteiger partial charge < -0.3 is 4.57 Å². The first-order valence-electron chi connectivity index (χ1n) is 11.2. The Hall–Kier alpha value is -4.42. The van der Waals surface area contributed by atoms with Crippen LogP contribution in [0.4, 0.5) is 0 Å². The Balaban J connectivity index is 1.56. The molecule has 2 aromatic heterocycles. The van der Waals surface area contributed by atoms with E-state index in [1.807, 2.05) is 12.1 Å². The second-order valence-electron chi connectivity index (χ2n) is 8.30. The molecule has 2 heterocycles. The van der Waals surface area contributed by atoms with Gasteiger partial charge in [0.15, 0.2) is 0 Å². The summed E-state index contributed by atoms with van der Waals surface area (Å²) in [5.41, 5.74) is 9.93. The van der Waals surface area contributed by atoms with Crippen molar-refractivity contribution in [3.63, 3.8) is 0 Å².